The van der Waals surface area contributed by atoms with Gasteiger partial charge in [-0.25, -0.2) is 0 Å². The normalized spacial score (nSPS) is 11.3. The molecule has 0 amide bonds. The molecule has 0 aliphatic carbocycles. The number of halogens is 1. The molecular weight excluding hydrogens is 250 g/mol. The van der Waals surface area contributed by atoms with Gasteiger partial charge >= 0.3 is 0 Å². The second-order valence-electron chi connectivity index (χ2n) is 3.77. The molecule has 0 heterocycles. The summed E-state index contributed by atoms with van der Waals surface area (Å²) in [5.41, 5.74) is 1.41. The molecule has 0 aromatic heterocycles. The molecule has 0 atom stereocenters. The van der Waals surface area contributed by atoms with Crippen LogP contribution in [-0.2, 0) is 0 Å². The van der Waals surface area contributed by atoms with Crippen LogP contribution >= 0.6 is 11.6 Å². The van der Waals surface area contributed by atoms with Crippen molar-refractivity contribution in [2.24, 2.45) is 5.16 Å². The molecular formula is C14H12ClNO2. The van der Waals surface area contributed by atoms with Gasteiger partial charge in [0.15, 0.2) is 0 Å². The number of nitrogens with zero attached hydrogens (tertiary/aromatic N) is 1. The van der Waals surface area contributed by atoms with E-state index in [0.717, 1.165) is 11.3 Å². The van der Waals surface area contributed by atoms with Crippen LogP contribution in [0.15, 0.2) is 53.7 Å². The minimum atomic E-state index is 0.563. The van der Waals surface area contributed by atoms with E-state index in [1.165, 1.54) is 0 Å². The quantitative estimate of drug-likeness (QED) is 0.508. The van der Waals surface area contributed by atoms with Crippen LogP contribution in [0.5, 0.6) is 11.5 Å². The second kappa shape index (κ2) is 5.56. The van der Waals surface area contributed by atoms with Crippen molar-refractivity contribution in [2.45, 2.75) is 6.92 Å². The second-order valence-corrected chi connectivity index (χ2v) is 4.20. The first kappa shape index (κ1) is 12.5. The fourth-order valence-corrected chi connectivity index (χ4v) is 1.59. The molecule has 18 heavy (non-hydrogen) atoms. The molecule has 2 aromatic carbocycles. The Bertz CT molecular complexity index is 547. The van der Waals surface area contributed by atoms with Crippen LogP contribution in [-0.4, -0.2) is 10.9 Å². The fourth-order valence-electron chi connectivity index (χ4n) is 1.46. The summed E-state index contributed by atoms with van der Waals surface area (Å²) < 4.78 is 5.64. The summed E-state index contributed by atoms with van der Waals surface area (Å²) in [7, 11) is 0. The maximum atomic E-state index is 8.66. The van der Waals surface area contributed by atoms with Crippen LogP contribution < -0.4 is 4.74 Å². The van der Waals surface area contributed by atoms with Crippen molar-refractivity contribution in [3.8, 4) is 11.5 Å². The van der Waals surface area contributed by atoms with E-state index in [1.807, 2.05) is 24.3 Å². The van der Waals surface area contributed by atoms with Gasteiger partial charge in [0.05, 0.1) is 5.71 Å². The first-order chi connectivity index (χ1) is 8.69. The zero-order valence-electron chi connectivity index (χ0n) is 9.80. The van der Waals surface area contributed by atoms with Crippen LogP contribution in [0.1, 0.15) is 12.5 Å². The zero-order chi connectivity index (χ0) is 13.0. The van der Waals surface area contributed by atoms with Crippen LogP contribution in [0.3, 0.4) is 0 Å². The number of hydrogen-bond acceptors (Lipinski definition) is 3. The Kier molecular flexibility index (Phi) is 3.85. The lowest BCUT2D eigenvalue weighted by Crippen LogP contribution is -1.93. The van der Waals surface area contributed by atoms with Gasteiger partial charge in [0.25, 0.3) is 0 Å². The highest BCUT2D eigenvalue weighted by molar-refractivity contribution is 6.30. The van der Waals surface area contributed by atoms with E-state index >= 15 is 0 Å². The van der Waals surface area contributed by atoms with Gasteiger partial charge in [0.1, 0.15) is 11.5 Å². The number of rotatable bonds is 3. The highest BCUT2D eigenvalue weighted by Crippen LogP contribution is 2.23. The van der Waals surface area contributed by atoms with Crippen LogP contribution in [0.4, 0.5) is 0 Å². The first-order valence-corrected chi connectivity index (χ1v) is 5.79. The van der Waals surface area contributed by atoms with Crippen molar-refractivity contribution in [1.29, 1.82) is 0 Å². The highest BCUT2D eigenvalue weighted by atomic mass is 35.5. The minimum absolute atomic E-state index is 0.563. The summed E-state index contributed by atoms with van der Waals surface area (Å²) in [5, 5.41) is 12.5. The standard InChI is InChI=1S/C14H12ClNO2/c1-10(16-17)11-2-6-13(7-3-11)18-14-8-4-12(15)5-9-14/h2-9,17H,1H3/b16-10-. The highest BCUT2D eigenvalue weighted by Gasteiger charge is 2.00. The van der Waals surface area contributed by atoms with E-state index in [4.69, 9.17) is 21.5 Å². The molecule has 0 spiro atoms. The summed E-state index contributed by atoms with van der Waals surface area (Å²) in [5.74, 6) is 1.44. The summed E-state index contributed by atoms with van der Waals surface area (Å²) >= 11 is 5.79. The number of oxime groups is 1. The summed E-state index contributed by atoms with van der Waals surface area (Å²) in [6, 6.07) is 14.5. The lowest BCUT2D eigenvalue weighted by Gasteiger charge is -2.06. The van der Waals surface area contributed by atoms with Crippen LogP contribution in [0.25, 0.3) is 0 Å². The van der Waals surface area contributed by atoms with Gasteiger partial charge in [0, 0.05) is 5.02 Å². The van der Waals surface area contributed by atoms with Crippen molar-refractivity contribution in [3.63, 3.8) is 0 Å². The molecule has 0 saturated carbocycles. The van der Waals surface area contributed by atoms with E-state index in [-0.39, 0.29) is 0 Å². The Morgan fingerprint density at radius 3 is 2.00 bits per heavy atom. The molecule has 92 valence electrons. The van der Waals surface area contributed by atoms with Gasteiger partial charge in [-0.1, -0.05) is 16.8 Å². The van der Waals surface area contributed by atoms with Crippen molar-refractivity contribution >= 4 is 17.3 Å². The zero-order valence-corrected chi connectivity index (χ0v) is 10.6. The molecule has 0 bridgehead atoms. The third-order valence-corrected chi connectivity index (χ3v) is 2.72. The van der Waals surface area contributed by atoms with Gasteiger partial charge in [0.2, 0.25) is 0 Å². The molecule has 0 unspecified atom stereocenters. The van der Waals surface area contributed by atoms with E-state index in [0.29, 0.717) is 16.5 Å². The fraction of sp³-hybridized carbons (Fsp3) is 0.0714. The lowest BCUT2D eigenvalue weighted by atomic mass is 10.1. The van der Waals surface area contributed by atoms with Gasteiger partial charge in [-0.2, -0.15) is 0 Å². The van der Waals surface area contributed by atoms with E-state index in [2.05, 4.69) is 5.16 Å². The maximum Gasteiger partial charge on any atom is 0.127 e. The average molecular weight is 262 g/mol. The van der Waals surface area contributed by atoms with Gasteiger partial charge in [-0.05, 0) is 61.0 Å². The number of benzene rings is 2. The third kappa shape index (κ3) is 3.02. The average Bonchev–Trinajstić information content (AvgIpc) is 2.41. The van der Waals surface area contributed by atoms with E-state index < -0.39 is 0 Å². The van der Waals surface area contributed by atoms with Gasteiger partial charge in [-0.3, -0.25) is 0 Å². The largest absolute Gasteiger partial charge is 0.457 e. The molecule has 0 saturated heterocycles. The predicted octanol–water partition coefficient (Wildman–Crippen LogP) is 4.33. The predicted molar refractivity (Wildman–Crippen MR) is 72.0 cm³/mol. The third-order valence-electron chi connectivity index (χ3n) is 2.47. The number of ether oxygens (including phenoxy) is 1. The van der Waals surface area contributed by atoms with Gasteiger partial charge < -0.3 is 9.94 Å². The van der Waals surface area contributed by atoms with Crippen molar-refractivity contribution in [3.05, 3.63) is 59.1 Å². The Morgan fingerprint density at radius 1 is 1.00 bits per heavy atom. The smallest absolute Gasteiger partial charge is 0.127 e. The van der Waals surface area contributed by atoms with Crippen molar-refractivity contribution in [2.75, 3.05) is 0 Å². The summed E-state index contributed by atoms with van der Waals surface area (Å²) in [6.45, 7) is 1.73. The number of hydrogen-bond donors (Lipinski definition) is 1. The maximum absolute atomic E-state index is 8.66. The molecule has 1 N–H and O–H groups in total. The molecule has 0 aliphatic rings. The van der Waals surface area contributed by atoms with E-state index in [1.54, 1.807) is 31.2 Å². The first-order valence-electron chi connectivity index (χ1n) is 5.41. The Morgan fingerprint density at radius 2 is 1.50 bits per heavy atom. The minimum Gasteiger partial charge on any atom is -0.457 e. The molecule has 3 nitrogen and oxygen atoms in total. The SMILES string of the molecule is C/C(=N/O)c1ccc(Oc2ccc(Cl)cc2)cc1. The molecule has 4 heteroatoms. The Hall–Kier alpha value is -2.00. The Labute approximate surface area is 110 Å². The van der Waals surface area contributed by atoms with Crippen molar-refractivity contribution < 1.29 is 9.94 Å². The Balaban J connectivity index is 2.13. The van der Waals surface area contributed by atoms with Crippen LogP contribution in [0.2, 0.25) is 5.02 Å². The van der Waals surface area contributed by atoms with Crippen LogP contribution in [0, 0.1) is 0 Å². The molecule has 0 aliphatic heterocycles. The topological polar surface area (TPSA) is 41.8 Å². The van der Waals surface area contributed by atoms with Crippen molar-refractivity contribution in [1.82, 2.24) is 0 Å². The monoisotopic (exact) mass is 261 g/mol. The summed E-state index contributed by atoms with van der Waals surface area (Å²) in [4.78, 5) is 0. The lowest BCUT2D eigenvalue weighted by molar-refractivity contribution is 0.319. The molecule has 0 radical (unpaired) electrons. The summed E-state index contributed by atoms with van der Waals surface area (Å²) in [6.07, 6.45) is 0. The molecule has 2 rings (SSSR count). The molecule has 2 aromatic rings. The molecule has 0 fully saturated rings. The van der Waals surface area contributed by atoms with E-state index in [9.17, 15) is 0 Å². The van der Waals surface area contributed by atoms with Gasteiger partial charge in [-0.15, -0.1) is 0 Å².